The Morgan fingerprint density at radius 2 is 1.79 bits per heavy atom. The summed E-state index contributed by atoms with van der Waals surface area (Å²) < 4.78 is 11.2. The van der Waals surface area contributed by atoms with Crippen LogP contribution in [0, 0.1) is 5.92 Å². The van der Waals surface area contributed by atoms with Gasteiger partial charge in [-0.15, -0.1) is 0 Å². The Hall–Kier alpha value is -1.06. The van der Waals surface area contributed by atoms with Gasteiger partial charge in [-0.3, -0.25) is 0 Å². The molecule has 0 aliphatic heterocycles. The maximum Gasteiger partial charge on any atom is 0.119 e. The van der Waals surface area contributed by atoms with Crippen LogP contribution in [0.3, 0.4) is 0 Å². The molecular weight excluding hydrogens is 238 g/mol. The summed E-state index contributed by atoms with van der Waals surface area (Å²) in [5.74, 6) is 1.77. The van der Waals surface area contributed by atoms with E-state index in [1.165, 1.54) is 31.2 Å². The maximum absolute atomic E-state index is 5.66. The monoisotopic (exact) mass is 261 g/mol. The highest BCUT2D eigenvalue weighted by atomic mass is 16.5. The van der Waals surface area contributed by atoms with E-state index < -0.39 is 0 Å². The molecule has 1 aromatic carbocycles. The van der Waals surface area contributed by atoms with Crippen LogP contribution < -0.4 is 10.1 Å². The van der Waals surface area contributed by atoms with Gasteiger partial charge in [0.25, 0.3) is 0 Å². The van der Waals surface area contributed by atoms with Gasteiger partial charge in [-0.05, 0) is 49.3 Å². The molecule has 0 aromatic heterocycles. The fourth-order valence-electron chi connectivity index (χ4n) is 2.01. The molecule has 1 aromatic rings. The van der Waals surface area contributed by atoms with E-state index in [0.29, 0.717) is 13.2 Å². The van der Waals surface area contributed by atoms with E-state index in [-0.39, 0.29) is 0 Å². The van der Waals surface area contributed by atoms with Crippen LogP contribution in [0.5, 0.6) is 5.75 Å². The smallest absolute Gasteiger partial charge is 0.119 e. The van der Waals surface area contributed by atoms with Gasteiger partial charge in [0.15, 0.2) is 0 Å². The summed E-state index contributed by atoms with van der Waals surface area (Å²) in [5.41, 5.74) is 1.32. The van der Waals surface area contributed by atoms with Crippen LogP contribution >= 0.6 is 0 Å². The van der Waals surface area contributed by atoms with Crippen LogP contribution in [-0.2, 0) is 11.3 Å². The molecule has 2 aliphatic rings. The van der Waals surface area contributed by atoms with Gasteiger partial charge in [0.1, 0.15) is 12.4 Å². The SMILES string of the molecule is c1cc(OCCOCC2CC2)ccc1CNC1CC1. The van der Waals surface area contributed by atoms with Crippen LogP contribution in [0.15, 0.2) is 24.3 Å². The predicted molar refractivity (Wildman–Crippen MR) is 75.3 cm³/mol. The highest BCUT2D eigenvalue weighted by Gasteiger charge is 2.21. The number of nitrogens with one attached hydrogen (secondary N) is 1. The van der Waals surface area contributed by atoms with Crippen molar-refractivity contribution in [1.82, 2.24) is 5.32 Å². The van der Waals surface area contributed by atoms with Gasteiger partial charge < -0.3 is 14.8 Å². The molecule has 0 saturated heterocycles. The first-order chi connectivity index (χ1) is 9.40. The molecule has 0 bridgehead atoms. The number of rotatable bonds is 9. The zero-order valence-electron chi connectivity index (χ0n) is 11.4. The van der Waals surface area contributed by atoms with Crippen molar-refractivity contribution in [2.24, 2.45) is 5.92 Å². The average molecular weight is 261 g/mol. The quantitative estimate of drug-likeness (QED) is 0.693. The van der Waals surface area contributed by atoms with Crippen molar-refractivity contribution in [2.45, 2.75) is 38.3 Å². The number of benzene rings is 1. The van der Waals surface area contributed by atoms with Gasteiger partial charge >= 0.3 is 0 Å². The molecule has 0 radical (unpaired) electrons. The standard InChI is InChI=1S/C16H23NO2/c1-2-14(1)12-18-9-10-19-16-7-3-13(4-8-16)11-17-15-5-6-15/h3-4,7-8,14-15,17H,1-2,5-6,9-12H2. The third-order valence-electron chi connectivity index (χ3n) is 3.64. The van der Waals surface area contributed by atoms with Crippen LogP contribution in [0.2, 0.25) is 0 Å². The van der Waals surface area contributed by atoms with Gasteiger partial charge in [-0.25, -0.2) is 0 Å². The Bertz CT molecular complexity index is 382. The number of ether oxygens (including phenoxy) is 2. The summed E-state index contributed by atoms with van der Waals surface area (Å²) in [6.45, 7) is 3.22. The molecule has 19 heavy (non-hydrogen) atoms. The van der Waals surface area contributed by atoms with Crippen LogP contribution in [-0.4, -0.2) is 25.9 Å². The summed E-state index contributed by atoms with van der Waals surface area (Å²) in [4.78, 5) is 0. The molecule has 2 fully saturated rings. The normalized spacial score (nSPS) is 18.5. The second-order valence-corrected chi connectivity index (χ2v) is 5.67. The minimum Gasteiger partial charge on any atom is -0.491 e. The molecular formula is C16H23NO2. The second-order valence-electron chi connectivity index (χ2n) is 5.67. The fourth-order valence-corrected chi connectivity index (χ4v) is 2.01. The summed E-state index contributed by atoms with van der Waals surface area (Å²) in [6, 6.07) is 9.13. The Morgan fingerprint density at radius 3 is 2.47 bits per heavy atom. The lowest BCUT2D eigenvalue weighted by Gasteiger charge is -2.08. The number of hydrogen-bond donors (Lipinski definition) is 1. The van der Waals surface area contributed by atoms with Gasteiger partial charge in [0.2, 0.25) is 0 Å². The van der Waals surface area contributed by atoms with Gasteiger partial charge in [0, 0.05) is 19.2 Å². The molecule has 2 saturated carbocycles. The Labute approximate surface area is 115 Å². The van der Waals surface area contributed by atoms with Gasteiger partial charge in [-0.1, -0.05) is 12.1 Å². The minimum absolute atomic E-state index is 0.645. The van der Waals surface area contributed by atoms with E-state index >= 15 is 0 Å². The van der Waals surface area contributed by atoms with E-state index in [0.717, 1.165) is 30.9 Å². The van der Waals surface area contributed by atoms with Crippen molar-refractivity contribution < 1.29 is 9.47 Å². The van der Waals surface area contributed by atoms with E-state index in [1.54, 1.807) is 0 Å². The number of hydrogen-bond acceptors (Lipinski definition) is 3. The highest BCUT2D eigenvalue weighted by molar-refractivity contribution is 5.27. The van der Waals surface area contributed by atoms with Crippen LogP contribution in [0.1, 0.15) is 31.2 Å². The third-order valence-corrected chi connectivity index (χ3v) is 3.64. The summed E-state index contributed by atoms with van der Waals surface area (Å²) in [5, 5.41) is 3.51. The summed E-state index contributed by atoms with van der Waals surface area (Å²) in [6.07, 6.45) is 5.36. The van der Waals surface area contributed by atoms with Gasteiger partial charge in [0.05, 0.1) is 6.61 Å². The Balaban J connectivity index is 1.30. The molecule has 3 heteroatoms. The van der Waals surface area contributed by atoms with Crippen molar-refractivity contribution in [1.29, 1.82) is 0 Å². The Morgan fingerprint density at radius 1 is 1.00 bits per heavy atom. The summed E-state index contributed by atoms with van der Waals surface area (Å²) in [7, 11) is 0. The average Bonchev–Trinajstić information content (AvgIpc) is 3.31. The van der Waals surface area contributed by atoms with Crippen LogP contribution in [0.25, 0.3) is 0 Å². The third kappa shape index (κ3) is 4.84. The predicted octanol–water partition coefficient (Wildman–Crippen LogP) is 2.74. The lowest BCUT2D eigenvalue weighted by atomic mass is 10.2. The lowest BCUT2D eigenvalue weighted by molar-refractivity contribution is 0.0927. The molecule has 0 amide bonds. The first kappa shape index (κ1) is 12.9. The molecule has 0 spiro atoms. The van der Waals surface area contributed by atoms with E-state index in [4.69, 9.17) is 9.47 Å². The molecule has 3 nitrogen and oxygen atoms in total. The molecule has 0 heterocycles. The van der Waals surface area contributed by atoms with Crippen molar-refractivity contribution in [3.63, 3.8) is 0 Å². The zero-order valence-corrected chi connectivity index (χ0v) is 11.4. The molecule has 0 atom stereocenters. The van der Waals surface area contributed by atoms with Crippen molar-refractivity contribution in [3.05, 3.63) is 29.8 Å². The molecule has 0 unspecified atom stereocenters. The van der Waals surface area contributed by atoms with E-state index in [1.807, 2.05) is 12.1 Å². The topological polar surface area (TPSA) is 30.5 Å². The molecule has 104 valence electrons. The first-order valence-electron chi connectivity index (χ1n) is 7.43. The minimum atomic E-state index is 0.645. The lowest BCUT2D eigenvalue weighted by Crippen LogP contribution is -2.15. The molecule has 2 aliphatic carbocycles. The molecule has 1 N–H and O–H groups in total. The fraction of sp³-hybridized carbons (Fsp3) is 0.625. The Kier molecular flexibility index (Phi) is 4.36. The van der Waals surface area contributed by atoms with E-state index in [9.17, 15) is 0 Å². The van der Waals surface area contributed by atoms with Crippen molar-refractivity contribution >= 4 is 0 Å². The van der Waals surface area contributed by atoms with Crippen molar-refractivity contribution in [3.8, 4) is 5.75 Å². The maximum atomic E-state index is 5.66. The molecule has 3 rings (SSSR count). The zero-order chi connectivity index (χ0) is 12.9. The highest BCUT2D eigenvalue weighted by Crippen LogP contribution is 2.28. The second kappa shape index (κ2) is 6.40. The largest absolute Gasteiger partial charge is 0.491 e. The van der Waals surface area contributed by atoms with Crippen molar-refractivity contribution in [2.75, 3.05) is 19.8 Å². The van der Waals surface area contributed by atoms with E-state index in [2.05, 4.69) is 17.4 Å². The summed E-state index contributed by atoms with van der Waals surface area (Å²) >= 11 is 0. The van der Waals surface area contributed by atoms with Gasteiger partial charge in [-0.2, -0.15) is 0 Å². The first-order valence-corrected chi connectivity index (χ1v) is 7.43. The van der Waals surface area contributed by atoms with Crippen LogP contribution in [0.4, 0.5) is 0 Å².